The second kappa shape index (κ2) is 8.18. The lowest BCUT2D eigenvalue weighted by Gasteiger charge is -2.60. The highest BCUT2D eigenvalue weighted by Crippen LogP contribution is 2.65. The highest BCUT2D eigenvalue weighted by Gasteiger charge is 2.59. The maximum absolute atomic E-state index is 10.6. The van der Waals surface area contributed by atoms with Crippen molar-refractivity contribution in [2.24, 2.45) is 45.4 Å². The van der Waals surface area contributed by atoms with E-state index < -0.39 is 0 Å². The molecular weight excluding hydrogens is 390 g/mol. The predicted molar refractivity (Wildman–Crippen MR) is 119 cm³/mol. The van der Waals surface area contributed by atoms with E-state index in [-0.39, 0.29) is 11.5 Å². The average molecular weight is 430 g/mol. The molecule has 0 aromatic carbocycles. The molecule has 4 fully saturated rings. The number of nitrogens with zero attached hydrogens (tertiary/aromatic N) is 2. The van der Waals surface area contributed by atoms with Crippen molar-refractivity contribution in [2.75, 3.05) is 6.61 Å². The Balaban J connectivity index is 1.19. The van der Waals surface area contributed by atoms with E-state index in [1.807, 2.05) is 0 Å². The molecule has 3 N–H and O–H groups in total. The third-order valence-corrected chi connectivity index (χ3v) is 9.85. The summed E-state index contributed by atoms with van der Waals surface area (Å²) >= 11 is 0. The zero-order valence-electron chi connectivity index (χ0n) is 19.2. The Morgan fingerprint density at radius 3 is 2.81 bits per heavy atom. The van der Waals surface area contributed by atoms with Crippen LogP contribution in [0.25, 0.3) is 0 Å². The van der Waals surface area contributed by atoms with E-state index in [4.69, 9.17) is 15.0 Å². The second-order valence-corrected chi connectivity index (χ2v) is 11.2. The lowest BCUT2D eigenvalue weighted by Crippen LogP contribution is -2.54. The van der Waals surface area contributed by atoms with Gasteiger partial charge in [-0.15, -0.1) is 0 Å². The van der Waals surface area contributed by atoms with Gasteiger partial charge in [0.15, 0.2) is 5.89 Å². The highest BCUT2D eigenvalue weighted by molar-refractivity contribution is 5.85. The smallest absolute Gasteiger partial charge is 0.197 e. The van der Waals surface area contributed by atoms with Gasteiger partial charge in [0.2, 0.25) is 0 Å². The number of aliphatic hydroxyl groups is 1. The summed E-state index contributed by atoms with van der Waals surface area (Å²) in [5.74, 6) is 4.45. The molecule has 5 rings (SSSR count). The fourth-order valence-electron chi connectivity index (χ4n) is 7.94. The lowest BCUT2D eigenvalue weighted by atomic mass is 9.45. The summed E-state index contributed by atoms with van der Waals surface area (Å²) in [4.78, 5) is 9.86. The van der Waals surface area contributed by atoms with Crippen LogP contribution in [0.2, 0.25) is 0 Å². The molecule has 4 saturated carbocycles. The highest BCUT2D eigenvalue weighted by atomic mass is 16.6. The van der Waals surface area contributed by atoms with Crippen molar-refractivity contribution in [3.05, 3.63) is 17.8 Å². The molecule has 31 heavy (non-hydrogen) atoms. The van der Waals surface area contributed by atoms with Crippen LogP contribution in [0, 0.1) is 34.5 Å². The van der Waals surface area contributed by atoms with Crippen LogP contribution in [-0.4, -0.2) is 28.5 Å². The van der Waals surface area contributed by atoms with Crippen molar-refractivity contribution in [1.29, 1.82) is 0 Å². The summed E-state index contributed by atoms with van der Waals surface area (Å²) < 4.78 is 5.52. The van der Waals surface area contributed by atoms with Gasteiger partial charge in [0.1, 0.15) is 12.4 Å². The number of oxazole rings is 1. The standard InChI is InChI=1S/C25H39N3O3/c1-24-10-7-17(28-30-12-9-23-27-15-18(14-26)31-23)13-16(24)3-4-19-20-5-6-22(29)25(20,2)11-8-21(19)24/h15-16,19-22,29H,3-14,26H2,1-2H3/t16?,19?,20?,21-,22?,24?,25?/m0/s1. The Labute approximate surface area is 186 Å². The minimum atomic E-state index is -0.0792. The molecular formula is C25H39N3O3. The minimum absolute atomic E-state index is 0.0792. The Kier molecular flexibility index (Phi) is 5.66. The number of fused-ring (bicyclic) bond motifs is 5. The van der Waals surface area contributed by atoms with Crippen LogP contribution in [0.15, 0.2) is 15.8 Å². The zero-order valence-corrected chi connectivity index (χ0v) is 19.2. The zero-order chi connectivity index (χ0) is 21.6. The van der Waals surface area contributed by atoms with E-state index in [0.717, 1.165) is 42.9 Å². The van der Waals surface area contributed by atoms with E-state index in [1.54, 1.807) is 6.20 Å². The number of oxime groups is 1. The van der Waals surface area contributed by atoms with E-state index in [0.29, 0.717) is 36.6 Å². The van der Waals surface area contributed by atoms with Crippen LogP contribution in [0.1, 0.15) is 83.3 Å². The number of aromatic nitrogens is 1. The van der Waals surface area contributed by atoms with E-state index >= 15 is 0 Å². The van der Waals surface area contributed by atoms with Gasteiger partial charge in [0.05, 0.1) is 31.0 Å². The Morgan fingerprint density at radius 2 is 2.00 bits per heavy atom. The summed E-state index contributed by atoms with van der Waals surface area (Å²) in [6.07, 6.45) is 13.0. The van der Waals surface area contributed by atoms with Crippen LogP contribution >= 0.6 is 0 Å². The predicted octanol–water partition coefficient (Wildman–Crippen LogP) is 4.45. The fraction of sp³-hybridized carbons (Fsp3) is 0.840. The molecule has 1 heterocycles. The lowest BCUT2D eigenvalue weighted by molar-refractivity contribution is -0.112. The van der Waals surface area contributed by atoms with E-state index in [9.17, 15) is 5.11 Å². The Bertz CT molecular complexity index is 823. The quantitative estimate of drug-likeness (QED) is 0.533. The van der Waals surface area contributed by atoms with Crippen molar-refractivity contribution in [3.63, 3.8) is 0 Å². The maximum atomic E-state index is 10.6. The SMILES string of the molecule is CC12CC[C@H]3C(CCC4CC(=NOCCc5ncc(CN)o5)CCC43C)C1CCC2O. The van der Waals surface area contributed by atoms with Gasteiger partial charge in [-0.05, 0) is 92.3 Å². The molecule has 1 aromatic heterocycles. The molecule has 0 amide bonds. The summed E-state index contributed by atoms with van der Waals surface area (Å²) in [6, 6.07) is 0. The molecule has 0 aliphatic heterocycles. The van der Waals surface area contributed by atoms with Gasteiger partial charge in [0.25, 0.3) is 0 Å². The molecule has 172 valence electrons. The third kappa shape index (κ3) is 3.64. The van der Waals surface area contributed by atoms with Crippen molar-refractivity contribution < 1.29 is 14.4 Å². The monoisotopic (exact) mass is 429 g/mol. The van der Waals surface area contributed by atoms with Crippen molar-refractivity contribution in [2.45, 2.75) is 90.7 Å². The number of nitrogens with two attached hydrogens (primary N) is 1. The number of rotatable bonds is 5. The third-order valence-electron chi connectivity index (χ3n) is 9.85. The number of aliphatic hydroxyl groups excluding tert-OH is 1. The first-order valence-corrected chi connectivity index (χ1v) is 12.4. The van der Waals surface area contributed by atoms with E-state index in [1.165, 1.54) is 44.2 Å². The van der Waals surface area contributed by atoms with Gasteiger partial charge in [-0.3, -0.25) is 0 Å². The number of hydrogen-bond acceptors (Lipinski definition) is 6. The van der Waals surface area contributed by atoms with Crippen molar-refractivity contribution >= 4 is 5.71 Å². The van der Waals surface area contributed by atoms with Crippen LogP contribution in [0.4, 0.5) is 0 Å². The molecule has 4 aliphatic rings. The Morgan fingerprint density at radius 1 is 1.16 bits per heavy atom. The van der Waals surface area contributed by atoms with Gasteiger partial charge in [-0.25, -0.2) is 4.98 Å². The van der Waals surface area contributed by atoms with Gasteiger partial charge in [-0.2, -0.15) is 0 Å². The van der Waals surface area contributed by atoms with Crippen LogP contribution in [-0.2, 0) is 17.8 Å². The molecule has 0 spiro atoms. The van der Waals surface area contributed by atoms with Gasteiger partial charge in [-0.1, -0.05) is 19.0 Å². The average Bonchev–Trinajstić information content (AvgIpc) is 3.35. The molecule has 0 bridgehead atoms. The second-order valence-electron chi connectivity index (χ2n) is 11.2. The van der Waals surface area contributed by atoms with Gasteiger partial charge < -0.3 is 20.1 Å². The summed E-state index contributed by atoms with van der Waals surface area (Å²) in [6.45, 7) is 5.80. The normalized spacial score (nSPS) is 43.4. The first-order chi connectivity index (χ1) is 14.9. The molecule has 4 aliphatic carbocycles. The summed E-state index contributed by atoms with van der Waals surface area (Å²) in [5.41, 5.74) is 7.39. The maximum Gasteiger partial charge on any atom is 0.197 e. The van der Waals surface area contributed by atoms with Crippen LogP contribution < -0.4 is 5.73 Å². The first kappa shape index (κ1) is 21.4. The minimum Gasteiger partial charge on any atom is -0.444 e. The molecule has 0 radical (unpaired) electrons. The van der Waals surface area contributed by atoms with Crippen LogP contribution in [0.3, 0.4) is 0 Å². The summed E-state index contributed by atoms with van der Waals surface area (Å²) in [7, 11) is 0. The first-order valence-electron chi connectivity index (χ1n) is 12.4. The Hall–Kier alpha value is -1.40. The topological polar surface area (TPSA) is 93.9 Å². The fourth-order valence-corrected chi connectivity index (χ4v) is 7.94. The molecule has 1 aromatic rings. The number of hydrogen-bond donors (Lipinski definition) is 2. The molecule has 7 atom stereocenters. The van der Waals surface area contributed by atoms with Crippen LogP contribution in [0.5, 0.6) is 0 Å². The molecule has 6 nitrogen and oxygen atoms in total. The van der Waals surface area contributed by atoms with Crippen molar-refractivity contribution in [1.82, 2.24) is 4.98 Å². The van der Waals surface area contributed by atoms with Gasteiger partial charge >= 0.3 is 0 Å². The molecule has 6 heteroatoms. The van der Waals surface area contributed by atoms with Gasteiger partial charge in [0, 0.05) is 0 Å². The largest absolute Gasteiger partial charge is 0.444 e. The molecule has 6 unspecified atom stereocenters. The summed E-state index contributed by atoms with van der Waals surface area (Å²) in [5, 5.41) is 15.2. The van der Waals surface area contributed by atoms with E-state index in [2.05, 4.69) is 24.0 Å². The van der Waals surface area contributed by atoms with Crippen molar-refractivity contribution in [3.8, 4) is 0 Å². The molecule has 0 saturated heterocycles.